The quantitative estimate of drug-likeness (QED) is 0.746. The minimum Gasteiger partial charge on any atom is -0.384 e. The molecule has 0 spiro atoms. The van der Waals surface area contributed by atoms with Crippen molar-refractivity contribution in [1.29, 1.82) is 0 Å². The lowest BCUT2D eigenvalue weighted by Gasteiger charge is -2.07. The largest absolute Gasteiger partial charge is 0.384 e. The first-order valence-corrected chi connectivity index (χ1v) is 5.18. The second-order valence-corrected chi connectivity index (χ2v) is 3.75. The molecule has 0 aromatic heterocycles. The van der Waals surface area contributed by atoms with Gasteiger partial charge in [0, 0.05) is 11.6 Å². The van der Waals surface area contributed by atoms with Gasteiger partial charge >= 0.3 is 0 Å². The molecule has 0 atom stereocenters. The molecule has 0 aliphatic carbocycles. The second-order valence-electron chi connectivity index (χ2n) is 2.90. The zero-order valence-electron chi connectivity index (χ0n) is 7.61. The summed E-state index contributed by atoms with van der Waals surface area (Å²) < 4.78 is 0. The summed E-state index contributed by atoms with van der Waals surface area (Å²) in [5.41, 5.74) is 0.919. The number of halogens is 2. The third kappa shape index (κ3) is 3.45. The fourth-order valence-corrected chi connectivity index (χ4v) is 1.39. The zero-order valence-corrected chi connectivity index (χ0v) is 9.12. The monoisotopic (exact) mass is 217 g/mol. The molecule has 0 radical (unpaired) electrons. The molecule has 1 aromatic rings. The Morgan fingerprint density at radius 3 is 2.77 bits per heavy atom. The molecule has 1 aromatic carbocycles. The molecule has 1 nitrogen and oxygen atoms in total. The Morgan fingerprint density at radius 1 is 1.31 bits per heavy atom. The molecule has 0 fully saturated rings. The summed E-state index contributed by atoms with van der Waals surface area (Å²) >= 11 is 11.8. The van der Waals surface area contributed by atoms with Gasteiger partial charge in [0.1, 0.15) is 0 Å². The van der Waals surface area contributed by atoms with Crippen molar-refractivity contribution < 1.29 is 0 Å². The van der Waals surface area contributed by atoms with Crippen molar-refractivity contribution in [3.05, 3.63) is 28.2 Å². The summed E-state index contributed by atoms with van der Waals surface area (Å²) in [4.78, 5) is 0. The summed E-state index contributed by atoms with van der Waals surface area (Å²) in [5, 5.41) is 4.67. The summed E-state index contributed by atoms with van der Waals surface area (Å²) in [6, 6.07) is 5.44. The molecule has 1 N–H and O–H groups in total. The molecule has 3 heteroatoms. The van der Waals surface area contributed by atoms with E-state index in [0.717, 1.165) is 23.7 Å². The highest BCUT2D eigenvalue weighted by atomic mass is 35.5. The van der Waals surface area contributed by atoms with Gasteiger partial charge in [0.05, 0.1) is 10.7 Å². The summed E-state index contributed by atoms with van der Waals surface area (Å²) in [5.74, 6) is 0. The van der Waals surface area contributed by atoms with Gasteiger partial charge in [0.2, 0.25) is 0 Å². The van der Waals surface area contributed by atoms with Crippen molar-refractivity contribution in [3.8, 4) is 0 Å². The first kappa shape index (κ1) is 10.7. The number of nitrogens with one attached hydrogen (secondary N) is 1. The summed E-state index contributed by atoms with van der Waals surface area (Å²) in [6.45, 7) is 3.10. The highest BCUT2D eigenvalue weighted by Gasteiger charge is 1.99. The topological polar surface area (TPSA) is 12.0 Å². The second kappa shape index (κ2) is 5.36. The number of anilines is 1. The maximum Gasteiger partial charge on any atom is 0.0638 e. The van der Waals surface area contributed by atoms with Gasteiger partial charge in [0.15, 0.2) is 0 Å². The van der Waals surface area contributed by atoms with Gasteiger partial charge in [-0.25, -0.2) is 0 Å². The highest BCUT2D eigenvalue weighted by Crippen LogP contribution is 2.25. The first-order chi connectivity index (χ1) is 6.24. The summed E-state index contributed by atoms with van der Waals surface area (Å²) in [6.07, 6.45) is 2.31. The number of rotatable bonds is 4. The molecule has 0 saturated heterocycles. The Kier molecular flexibility index (Phi) is 4.40. The molecule has 0 bridgehead atoms. The molecular formula is C10H13Cl2N. The lowest BCUT2D eigenvalue weighted by molar-refractivity contribution is 0.834. The normalized spacial score (nSPS) is 10.1. The molecule has 0 aliphatic heterocycles. The van der Waals surface area contributed by atoms with E-state index in [4.69, 9.17) is 23.2 Å². The van der Waals surface area contributed by atoms with Crippen LogP contribution in [0.25, 0.3) is 0 Å². The van der Waals surface area contributed by atoms with Crippen molar-refractivity contribution >= 4 is 28.9 Å². The molecule has 0 aliphatic rings. The minimum absolute atomic E-state index is 0.711. The van der Waals surface area contributed by atoms with Crippen LogP contribution in [0.4, 0.5) is 5.69 Å². The van der Waals surface area contributed by atoms with E-state index in [2.05, 4.69) is 12.2 Å². The zero-order chi connectivity index (χ0) is 9.68. The van der Waals surface area contributed by atoms with E-state index in [1.807, 2.05) is 6.07 Å². The van der Waals surface area contributed by atoms with Crippen molar-refractivity contribution in [2.24, 2.45) is 0 Å². The van der Waals surface area contributed by atoms with Crippen LogP contribution in [0.1, 0.15) is 19.8 Å². The minimum atomic E-state index is 0.711. The van der Waals surface area contributed by atoms with E-state index in [0.29, 0.717) is 5.02 Å². The Morgan fingerprint density at radius 2 is 2.08 bits per heavy atom. The Hall–Kier alpha value is -0.400. The van der Waals surface area contributed by atoms with Gasteiger partial charge in [-0.2, -0.15) is 0 Å². The van der Waals surface area contributed by atoms with E-state index in [-0.39, 0.29) is 0 Å². The molecule has 0 amide bonds. The average molecular weight is 218 g/mol. The fraction of sp³-hybridized carbons (Fsp3) is 0.400. The first-order valence-electron chi connectivity index (χ1n) is 4.43. The van der Waals surface area contributed by atoms with Crippen LogP contribution in [0.5, 0.6) is 0 Å². The van der Waals surface area contributed by atoms with Gasteiger partial charge in [-0.1, -0.05) is 36.5 Å². The maximum absolute atomic E-state index is 5.95. The van der Waals surface area contributed by atoms with E-state index >= 15 is 0 Å². The average Bonchev–Trinajstić information content (AvgIpc) is 2.11. The van der Waals surface area contributed by atoms with Crippen molar-refractivity contribution in [2.45, 2.75) is 19.8 Å². The predicted octanol–water partition coefficient (Wildman–Crippen LogP) is 4.21. The van der Waals surface area contributed by atoms with Crippen molar-refractivity contribution in [2.75, 3.05) is 11.9 Å². The van der Waals surface area contributed by atoms with E-state index < -0.39 is 0 Å². The Labute approximate surface area is 89.0 Å². The third-order valence-electron chi connectivity index (χ3n) is 1.77. The molecule has 1 rings (SSSR count). The molecule has 0 heterocycles. The lowest BCUT2D eigenvalue weighted by Crippen LogP contribution is -2.00. The number of hydrogen-bond donors (Lipinski definition) is 1. The standard InChI is InChI=1S/C10H13Cl2N/c1-2-3-6-13-10-7-8(11)4-5-9(10)12/h4-5,7,13H,2-3,6H2,1H3. The fourth-order valence-electron chi connectivity index (χ4n) is 1.03. The SMILES string of the molecule is CCCCNc1cc(Cl)ccc1Cl. The van der Waals surface area contributed by atoms with Crippen LogP contribution in [-0.2, 0) is 0 Å². The Bertz CT molecular complexity index is 274. The Balaban J connectivity index is 2.59. The van der Waals surface area contributed by atoms with Gasteiger partial charge in [0.25, 0.3) is 0 Å². The van der Waals surface area contributed by atoms with Gasteiger partial charge in [-0.3, -0.25) is 0 Å². The van der Waals surface area contributed by atoms with E-state index in [9.17, 15) is 0 Å². The van der Waals surface area contributed by atoms with Crippen LogP contribution < -0.4 is 5.32 Å². The van der Waals surface area contributed by atoms with Gasteiger partial charge < -0.3 is 5.32 Å². The van der Waals surface area contributed by atoms with Crippen molar-refractivity contribution in [1.82, 2.24) is 0 Å². The molecule has 72 valence electrons. The van der Waals surface area contributed by atoms with Crippen LogP contribution >= 0.6 is 23.2 Å². The van der Waals surface area contributed by atoms with E-state index in [1.54, 1.807) is 12.1 Å². The van der Waals surface area contributed by atoms with Crippen LogP contribution in [0.2, 0.25) is 10.0 Å². The number of unbranched alkanes of at least 4 members (excludes halogenated alkanes) is 1. The van der Waals surface area contributed by atoms with Crippen LogP contribution in [0.15, 0.2) is 18.2 Å². The van der Waals surface area contributed by atoms with Crippen LogP contribution in [-0.4, -0.2) is 6.54 Å². The maximum atomic E-state index is 5.95. The predicted molar refractivity (Wildman–Crippen MR) is 59.9 cm³/mol. The number of benzene rings is 1. The van der Waals surface area contributed by atoms with Crippen LogP contribution in [0.3, 0.4) is 0 Å². The molecule has 0 unspecified atom stereocenters. The van der Waals surface area contributed by atoms with Gasteiger partial charge in [-0.05, 0) is 24.6 Å². The molecule has 0 saturated carbocycles. The summed E-state index contributed by atoms with van der Waals surface area (Å²) in [7, 11) is 0. The molecular weight excluding hydrogens is 205 g/mol. The number of hydrogen-bond acceptors (Lipinski definition) is 1. The highest BCUT2D eigenvalue weighted by molar-refractivity contribution is 6.35. The molecule has 13 heavy (non-hydrogen) atoms. The van der Waals surface area contributed by atoms with E-state index in [1.165, 1.54) is 6.42 Å². The smallest absolute Gasteiger partial charge is 0.0638 e. The van der Waals surface area contributed by atoms with Crippen LogP contribution in [0, 0.1) is 0 Å². The van der Waals surface area contributed by atoms with Crippen molar-refractivity contribution in [3.63, 3.8) is 0 Å². The third-order valence-corrected chi connectivity index (χ3v) is 2.34. The van der Waals surface area contributed by atoms with Gasteiger partial charge in [-0.15, -0.1) is 0 Å². The lowest BCUT2D eigenvalue weighted by atomic mass is 10.3.